The van der Waals surface area contributed by atoms with Crippen LogP contribution in [0.3, 0.4) is 0 Å². The van der Waals surface area contributed by atoms with Crippen molar-refractivity contribution in [2.45, 2.75) is 26.7 Å². The summed E-state index contributed by atoms with van der Waals surface area (Å²) in [6.45, 7) is 11.1. The number of anilines is 2. The van der Waals surface area contributed by atoms with E-state index in [1.54, 1.807) is 26.0 Å². The van der Waals surface area contributed by atoms with Gasteiger partial charge in [-0.25, -0.2) is 14.6 Å². The minimum Gasteiger partial charge on any atom is -0.491 e. The Morgan fingerprint density at radius 3 is 1.43 bits per heavy atom. The summed E-state index contributed by atoms with van der Waals surface area (Å²) >= 11 is 0. The van der Waals surface area contributed by atoms with Gasteiger partial charge in [-0.1, -0.05) is 37.4 Å². The Morgan fingerprint density at radius 1 is 0.612 bits per heavy atom. The first kappa shape index (κ1) is 36.1. The molecule has 1 aromatic heterocycles. The van der Waals surface area contributed by atoms with Gasteiger partial charge in [-0.05, 0) is 73.5 Å². The molecule has 0 fully saturated rings. The molecule has 0 bridgehead atoms. The number of aliphatic hydroxyl groups is 1. The quantitative estimate of drug-likeness (QED) is 0.0771. The van der Waals surface area contributed by atoms with Gasteiger partial charge in [-0.2, -0.15) is 9.97 Å². The number of benzene rings is 3. The fourth-order valence-corrected chi connectivity index (χ4v) is 4.22. The topological polar surface area (TPSA) is 151 Å². The summed E-state index contributed by atoms with van der Waals surface area (Å²) in [4.78, 5) is 37.2. The molecule has 2 N–H and O–H groups in total. The van der Waals surface area contributed by atoms with E-state index in [1.807, 2.05) is 60.7 Å². The molecule has 0 saturated carbocycles. The molecule has 0 aliphatic rings. The number of aliphatic hydroxyl groups excluding tert-OH is 1. The van der Waals surface area contributed by atoms with Crippen LogP contribution in [0.2, 0.25) is 0 Å². The van der Waals surface area contributed by atoms with Crippen LogP contribution in [-0.2, 0) is 31.9 Å². The smallest absolute Gasteiger partial charge is 0.333 e. The summed E-state index contributed by atoms with van der Waals surface area (Å²) in [7, 11) is 0. The maximum atomic E-state index is 11.5. The number of hydrogen-bond donors (Lipinski definition) is 2. The average molecular weight is 669 g/mol. The Balaban J connectivity index is 1.43. The molecule has 256 valence electrons. The predicted molar refractivity (Wildman–Crippen MR) is 183 cm³/mol. The third-order valence-electron chi connectivity index (χ3n) is 6.64. The molecule has 0 aliphatic heterocycles. The van der Waals surface area contributed by atoms with Gasteiger partial charge in [0, 0.05) is 29.7 Å². The van der Waals surface area contributed by atoms with Crippen LogP contribution in [0.1, 0.15) is 36.6 Å². The van der Waals surface area contributed by atoms with Crippen molar-refractivity contribution in [1.29, 1.82) is 0 Å². The van der Waals surface area contributed by atoms with Crippen molar-refractivity contribution < 1.29 is 38.4 Å². The van der Waals surface area contributed by atoms with E-state index >= 15 is 0 Å². The zero-order valence-corrected chi connectivity index (χ0v) is 27.6. The van der Waals surface area contributed by atoms with Crippen LogP contribution in [0, 0.1) is 0 Å². The summed E-state index contributed by atoms with van der Waals surface area (Å²) in [5, 5.41) is 12.3. The van der Waals surface area contributed by atoms with E-state index in [0.717, 1.165) is 16.8 Å². The summed E-state index contributed by atoms with van der Waals surface area (Å²) in [6, 6.07) is 22.3. The van der Waals surface area contributed by atoms with Crippen molar-refractivity contribution >= 4 is 23.6 Å². The first-order chi connectivity index (χ1) is 23.7. The molecular weight excluding hydrogens is 628 g/mol. The van der Waals surface area contributed by atoms with Crippen molar-refractivity contribution in [3.05, 3.63) is 120 Å². The first-order valence-corrected chi connectivity index (χ1v) is 15.6. The Labute approximate surface area is 285 Å². The largest absolute Gasteiger partial charge is 0.491 e. The molecule has 49 heavy (non-hydrogen) atoms. The number of esters is 2. The lowest BCUT2D eigenvalue weighted by Crippen LogP contribution is -2.12. The van der Waals surface area contributed by atoms with Crippen LogP contribution in [0.25, 0.3) is 0 Å². The number of aromatic nitrogens is 3. The van der Waals surface area contributed by atoms with Crippen LogP contribution >= 0.6 is 0 Å². The van der Waals surface area contributed by atoms with Gasteiger partial charge in [0.1, 0.15) is 61.9 Å². The molecular formula is C37H40N4O8. The number of carbonyl (C=O) groups excluding carboxylic acids is 2. The zero-order valence-electron chi connectivity index (χ0n) is 27.6. The molecule has 4 aromatic rings. The second-order valence-corrected chi connectivity index (χ2v) is 10.9. The number of rotatable bonds is 19. The van der Waals surface area contributed by atoms with Gasteiger partial charge < -0.3 is 34.1 Å². The predicted octanol–water partition coefficient (Wildman–Crippen LogP) is 5.16. The minimum atomic E-state index is -0.449. The Hall–Kier alpha value is -5.75. The monoisotopic (exact) mass is 668 g/mol. The number of ether oxygens (including phenoxy) is 5. The molecule has 0 amide bonds. The van der Waals surface area contributed by atoms with Gasteiger partial charge in [-0.3, -0.25) is 0 Å². The highest BCUT2D eigenvalue weighted by Gasteiger charge is 2.11. The SMILES string of the molecule is C=C(C)C(=O)OCCOc1ccc(Cc2nc(Cc3ccc(OCCOC(=O)C(=C)C)cc3)nc(Nc3ccc(OCCO)cc3)n2)cc1. The standard InChI is InChI=1S/C37H40N4O8/c1-25(2)35(43)48-21-19-46-30-11-5-27(6-12-30)23-33-39-34(41-37(40-33)38-29-9-15-32(16-10-29)45-18-17-42)24-28-7-13-31(14-8-28)47-20-22-49-36(44)26(3)4/h5-16,42H,1,3,17-24H2,2,4H3,(H,38,39,40,41). The van der Waals surface area contributed by atoms with E-state index in [4.69, 9.17) is 33.8 Å². The molecule has 0 spiro atoms. The van der Waals surface area contributed by atoms with Crippen molar-refractivity contribution in [1.82, 2.24) is 15.0 Å². The molecule has 0 unspecified atom stereocenters. The van der Waals surface area contributed by atoms with Gasteiger partial charge in [0.2, 0.25) is 5.95 Å². The molecule has 4 rings (SSSR count). The van der Waals surface area contributed by atoms with Crippen molar-refractivity contribution in [2.24, 2.45) is 0 Å². The van der Waals surface area contributed by atoms with Gasteiger partial charge >= 0.3 is 11.9 Å². The molecule has 0 aliphatic carbocycles. The zero-order chi connectivity index (χ0) is 35.0. The highest BCUT2D eigenvalue weighted by atomic mass is 16.6. The van der Waals surface area contributed by atoms with Crippen molar-refractivity contribution in [2.75, 3.05) is 45.0 Å². The maximum Gasteiger partial charge on any atom is 0.333 e. The van der Waals surface area contributed by atoms with Gasteiger partial charge in [0.15, 0.2) is 0 Å². The highest BCUT2D eigenvalue weighted by molar-refractivity contribution is 5.87. The summed E-state index contributed by atoms with van der Waals surface area (Å²) < 4.78 is 27.0. The molecule has 12 nitrogen and oxygen atoms in total. The van der Waals surface area contributed by atoms with Crippen molar-refractivity contribution in [3.63, 3.8) is 0 Å². The normalized spacial score (nSPS) is 10.5. The lowest BCUT2D eigenvalue weighted by molar-refractivity contribution is -0.140. The van der Waals surface area contributed by atoms with E-state index in [9.17, 15) is 9.59 Å². The average Bonchev–Trinajstić information content (AvgIpc) is 3.09. The van der Waals surface area contributed by atoms with Gasteiger partial charge in [0.25, 0.3) is 0 Å². The molecule has 0 saturated heterocycles. The molecule has 3 aromatic carbocycles. The second-order valence-electron chi connectivity index (χ2n) is 10.9. The van der Waals surface area contributed by atoms with E-state index < -0.39 is 11.9 Å². The number of carbonyl (C=O) groups is 2. The van der Waals surface area contributed by atoms with E-state index in [-0.39, 0.29) is 39.6 Å². The number of hydrogen-bond acceptors (Lipinski definition) is 12. The minimum absolute atomic E-state index is 0.0676. The number of nitrogens with one attached hydrogen (secondary N) is 1. The molecule has 12 heteroatoms. The summed E-state index contributed by atoms with van der Waals surface area (Å²) in [5.41, 5.74) is 3.36. The molecule has 1 heterocycles. The summed E-state index contributed by atoms with van der Waals surface area (Å²) in [6.07, 6.45) is 0.884. The van der Waals surface area contributed by atoms with Crippen LogP contribution in [0.5, 0.6) is 17.2 Å². The first-order valence-electron chi connectivity index (χ1n) is 15.6. The lowest BCUT2D eigenvalue weighted by atomic mass is 10.1. The highest BCUT2D eigenvalue weighted by Crippen LogP contribution is 2.21. The van der Waals surface area contributed by atoms with Crippen LogP contribution in [0.15, 0.2) is 97.1 Å². The van der Waals surface area contributed by atoms with E-state index in [2.05, 4.69) is 28.4 Å². The fourth-order valence-electron chi connectivity index (χ4n) is 4.22. The third-order valence-corrected chi connectivity index (χ3v) is 6.64. The second kappa shape index (κ2) is 18.6. The van der Waals surface area contributed by atoms with Crippen LogP contribution in [0.4, 0.5) is 11.6 Å². The van der Waals surface area contributed by atoms with E-state index in [0.29, 0.717) is 58.8 Å². The van der Waals surface area contributed by atoms with Crippen LogP contribution in [-0.4, -0.2) is 71.6 Å². The Bertz CT molecular complexity index is 1610. The Morgan fingerprint density at radius 2 is 1.02 bits per heavy atom. The summed E-state index contributed by atoms with van der Waals surface area (Å²) in [5.74, 6) is 2.54. The van der Waals surface area contributed by atoms with Gasteiger partial charge in [0.05, 0.1) is 6.61 Å². The van der Waals surface area contributed by atoms with E-state index in [1.165, 1.54) is 0 Å². The van der Waals surface area contributed by atoms with Crippen LogP contribution < -0.4 is 19.5 Å². The number of nitrogens with zero attached hydrogens (tertiary/aromatic N) is 3. The lowest BCUT2D eigenvalue weighted by Gasteiger charge is -2.11. The Kier molecular flexibility index (Phi) is 13.7. The molecule has 0 atom stereocenters. The maximum absolute atomic E-state index is 11.5. The fraction of sp³-hybridized carbons (Fsp3) is 0.270. The van der Waals surface area contributed by atoms with Crippen molar-refractivity contribution in [3.8, 4) is 17.2 Å². The third kappa shape index (κ3) is 12.4. The molecule has 0 radical (unpaired) electrons. The van der Waals surface area contributed by atoms with Gasteiger partial charge in [-0.15, -0.1) is 0 Å².